The Labute approximate surface area is 97.2 Å². The van der Waals surface area contributed by atoms with Crippen molar-refractivity contribution in [3.63, 3.8) is 0 Å². The first kappa shape index (κ1) is 11.4. The number of nitrogen functional groups attached to an aromatic ring is 1. The van der Waals surface area contributed by atoms with Crippen molar-refractivity contribution in [2.75, 3.05) is 5.73 Å². The van der Waals surface area contributed by atoms with Gasteiger partial charge < -0.3 is 11.5 Å². The topological polar surface area (TPSA) is 86.9 Å². The van der Waals surface area contributed by atoms with Crippen LogP contribution in [0.15, 0.2) is 18.2 Å². The Morgan fingerprint density at radius 2 is 2.12 bits per heavy atom. The van der Waals surface area contributed by atoms with Crippen LogP contribution < -0.4 is 11.5 Å². The second-order valence-electron chi connectivity index (χ2n) is 4.36. The quantitative estimate of drug-likeness (QED) is 0.814. The minimum atomic E-state index is -1.06. The average molecular weight is 236 g/mol. The molecule has 0 spiro atoms. The second kappa shape index (κ2) is 3.44. The predicted molar refractivity (Wildman–Crippen MR) is 62.6 cm³/mol. The zero-order valence-corrected chi connectivity index (χ0v) is 9.57. The van der Waals surface area contributed by atoms with Crippen LogP contribution in [0.1, 0.15) is 13.8 Å². The molecule has 0 radical (unpaired) electrons. The van der Waals surface area contributed by atoms with Gasteiger partial charge in [-0.05, 0) is 32.0 Å². The molecule has 2 rings (SSSR count). The number of carbonyl (C=O) groups excluding carboxylic acids is 1. The van der Waals surface area contributed by atoms with E-state index in [4.69, 9.17) is 11.5 Å². The number of hydrogen-bond acceptors (Lipinski definition) is 3. The molecule has 17 heavy (non-hydrogen) atoms. The zero-order valence-electron chi connectivity index (χ0n) is 9.57. The van der Waals surface area contributed by atoms with Crippen molar-refractivity contribution in [2.24, 2.45) is 5.73 Å². The lowest BCUT2D eigenvalue weighted by Crippen LogP contribution is -2.41. The number of primary amides is 1. The highest BCUT2D eigenvalue weighted by atomic mass is 19.1. The summed E-state index contributed by atoms with van der Waals surface area (Å²) in [6, 6.07) is 4.08. The monoisotopic (exact) mass is 236 g/mol. The molecule has 0 aliphatic rings. The summed E-state index contributed by atoms with van der Waals surface area (Å²) in [5, 5.41) is 0. The third-order valence-corrected chi connectivity index (χ3v) is 2.80. The van der Waals surface area contributed by atoms with E-state index in [1.54, 1.807) is 13.8 Å². The lowest BCUT2D eigenvalue weighted by Gasteiger charge is -2.24. The predicted octanol–water partition coefficient (Wildman–Crippen LogP) is 0.978. The van der Waals surface area contributed by atoms with E-state index in [-0.39, 0.29) is 5.95 Å². The SMILES string of the molecule is CC(C)(C(N)=O)n1c(N)nc2ccc(F)cc21. The molecular weight excluding hydrogens is 223 g/mol. The number of anilines is 1. The smallest absolute Gasteiger partial charge is 0.243 e. The summed E-state index contributed by atoms with van der Waals surface area (Å²) in [5.74, 6) is -0.846. The molecule has 0 unspecified atom stereocenters. The number of benzene rings is 1. The van der Waals surface area contributed by atoms with Crippen LogP contribution in [-0.4, -0.2) is 15.5 Å². The molecule has 1 amide bonds. The summed E-state index contributed by atoms with van der Waals surface area (Å²) in [6.45, 7) is 3.22. The van der Waals surface area contributed by atoms with Gasteiger partial charge in [-0.25, -0.2) is 9.37 Å². The van der Waals surface area contributed by atoms with Crippen LogP contribution in [0.4, 0.5) is 10.3 Å². The molecule has 0 saturated heterocycles. The van der Waals surface area contributed by atoms with Gasteiger partial charge >= 0.3 is 0 Å². The van der Waals surface area contributed by atoms with Crippen molar-refractivity contribution in [2.45, 2.75) is 19.4 Å². The minimum Gasteiger partial charge on any atom is -0.369 e. The fraction of sp³-hybridized carbons (Fsp3) is 0.273. The molecule has 90 valence electrons. The van der Waals surface area contributed by atoms with E-state index in [1.165, 1.54) is 22.8 Å². The highest BCUT2D eigenvalue weighted by molar-refractivity contribution is 5.87. The Morgan fingerprint density at radius 1 is 1.47 bits per heavy atom. The zero-order chi connectivity index (χ0) is 12.8. The Balaban J connectivity index is 2.80. The number of imidazole rings is 1. The Bertz CT molecular complexity index is 603. The molecular formula is C11H13FN4O. The Kier molecular flexibility index (Phi) is 2.30. The fourth-order valence-electron chi connectivity index (χ4n) is 1.76. The molecule has 0 saturated carbocycles. The number of aromatic nitrogens is 2. The van der Waals surface area contributed by atoms with E-state index < -0.39 is 17.3 Å². The van der Waals surface area contributed by atoms with Crippen molar-refractivity contribution in [1.29, 1.82) is 0 Å². The van der Waals surface area contributed by atoms with Crippen molar-refractivity contribution in [3.8, 4) is 0 Å². The maximum Gasteiger partial charge on any atom is 0.243 e. The number of rotatable bonds is 2. The molecule has 0 atom stereocenters. The van der Waals surface area contributed by atoms with Crippen molar-refractivity contribution in [3.05, 3.63) is 24.0 Å². The summed E-state index contributed by atoms with van der Waals surface area (Å²) < 4.78 is 14.7. The van der Waals surface area contributed by atoms with Crippen LogP contribution in [0.5, 0.6) is 0 Å². The van der Waals surface area contributed by atoms with Gasteiger partial charge in [-0.3, -0.25) is 9.36 Å². The lowest BCUT2D eigenvalue weighted by molar-refractivity contribution is -0.124. The third-order valence-electron chi connectivity index (χ3n) is 2.80. The lowest BCUT2D eigenvalue weighted by atomic mass is 10.0. The van der Waals surface area contributed by atoms with Gasteiger partial charge in [-0.2, -0.15) is 0 Å². The van der Waals surface area contributed by atoms with E-state index in [2.05, 4.69) is 4.98 Å². The number of amides is 1. The van der Waals surface area contributed by atoms with Gasteiger partial charge in [0, 0.05) is 0 Å². The molecule has 0 aliphatic heterocycles. The van der Waals surface area contributed by atoms with Crippen molar-refractivity contribution < 1.29 is 9.18 Å². The van der Waals surface area contributed by atoms with Crippen LogP contribution >= 0.6 is 0 Å². The van der Waals surface area contributed by atoms with Gasteiger partial charge in [0.1, 0.15) is 11.4 Å². The van der Waals surface area contributed by atoms with Crippen LogP contribution in [0, 0.1) is 5.82 Å². The van der Waals surface area contributed by atoms with Crippen molar-refractivity contribution >= 4 is 22.9 Å². The molecule has 0 fully saturated rings. The molecule has 4 N–H and O–H groups in total. The van der Waals surface area contributed by atoms with Gasteiger partial charge in [0.15, 0.2) is 0 Å². The first-order chi connectivity index (χ1) is 7.84. The van der Waals surface area contributed by atoms with Crippen LogP contribution in [0.25, 0.3) is 11.0 Å². The molecule has 1 aromatic carbocycles. The number of carbonyl (C=O) groups is 1. The molecule has 6 heteroatoms. The molecule has 0 bridgehead atoms. The molecule has 0 aliphatic carbocycles. The number of nitrogens with two attached hydrogens (primary N) is 2. The normalized spacial score (nSPS) is 11.9. The minimum absolute atomic E-state index is 0.134. The maximum absolute atomic E-state index is 13.2. The van der Waals surface area contributed by atoms with Crippen molar-refractivity contribution in [1.82, 2.24) is 9.55 Å². The summed E-state index contributed by atoms with van der Waals surface area (Å²) >= 11 is 0. The van der Waals surface area contributed by atoms with Crippen LogP contribution in [0.2, 0.25) is 0 Å². The van der Waals surface area contributed by atoms with E-state index in [0.29, 0.717) is 11.0 Å². The molecule has 1 aromatic heterocycles. The van der Waals surface area contributed by atoms with E-state index in [1.807, 2.05) is 0 Å². The molecule has 5 nitrogen and oxygen atoms in total. The van der Waals surface area contributed by atoms with E-state index in [9.17, 15) is 9.18 Å². The second-order valence-corrected chi connectivity index (χ2v) is 4.36. The van der Waals surface area contributed by atoms with E-state index in [0.717, 1.165) is 0 Å². The number of hydrogen-bond donors (Lipinski definition) is 2. The number of nitrogens with zero attached hydrogens (tertiary/aromatic N) is 2. The Hall–Kier alpha value is -2.11. The largest absolute Gasteiger partial charge is 0.369 e. The van der Waals surface area contributed by atoms with Crippen LogP contribution in [0.3, 0.4) is 0 Å². The highest BCUT2D eigenvalue weighted by Gasteiger charge is 2.31. The average Bonchev–Trinajstić information content (AvgIpc) is 2.53. The summed E-state index contributed by atoms with van der Waals surface area (Å²) in [4.78, 5) is 15.5. The highest BCUT2D eigenvalue weighted by Crippen LogP contribution is 2.27. The maximum atomic E-state index is 13.2. The van der Waals surface area contributed by atoms with E-state index >= 15 is 0 Å². The molecule has 1 heterocycles. The fourth-order valence-corrected chi connectivity index (χ4v) is 1.76. The summed E-state index contributed by atoms with van der Waals surface area (Å²) in [6.07, 6.45) is 0. The standard InChI is InChI=1S/C11H13FN4O/c1-11(2,9(13)17)16-8-5-6(12)3-4-7(8)15-10(16)14/h3-5H,1-2H3,(H2,13,17)(H2,14,15). The summed E-state index contributed by atoms with van der Waals surface area (Å²) in [7, 11) is 0. The first-order valence-electron chi connectivity index (χ1n) is 5.08. The van der Waals surface area contributed by atoms with Gasteiger partial charge in [-0.1, -0.05) is 0 Å². The van der Waals surface area contributed by atoms with Crippen LogP contribution in [-0.2, 0) is 10.3 Å². The van der Waals surface area contributed by atoms with Gasteiger partial charge in [0.05, 0.1) is 11.0 Å². The third kappa shape index (κ3) is 1.61. The van der Waals surface area contributed by atoms with Gasteiger partial charge in [-0.15, -0.1) is 0 Å². The summed E-state index contributed by atoms with van der Waals surface area (Å²) in [5.41, 5.74) is 11.0. The first-order valence-corrected chi connectivity index (χ1v) is 5.08. The Morgan fingerprint density at radius 3 is 2.71 bits per heavy atom. The number of fused-ring (bicyclic) bond motifs is 1. The van der Waals surface area contributed by atoms with Gasteiger partial charge in [0.2, 0.25) is 11.9 Å². The molecule has 2 aromatic rings. The number of halogens is 1. The van der Waals surface area contributed by atoms with Gasteiger partial charge in [0.25, 0.3) is 0 Å².